The maximum Gasteiger partial charge on any atom is 1.00 e. The normalized spacial score (nSPS) is 20.4. The van der Waals surface area contributed by atoms with Crippen molar-refractivity contribution in [1.29, 1.82) is 0 Å². The van der Waals surface area contributed by atoms with Gasteiger partial charge in [0.15, 0.2) is 5.60 Å². The Morgan fingerprint density at radius 3 is 1.74 bits per heavy atom. The predicted octanol–water partition coefficient (Wildman–Crippen LogP) is -3.88. The summed E-state index contributed by atoms with van der Waals surface area (Å²) in [4.78, 5) is 36.1. The molecule has 11 nitrogen and oxygen atoms in total. The molecule has 1 atom stereocenters. The van der Waals surface area contributed by atoms with Crippen molar-refractivity contribution in [3.63, 3.8) is 0 Å². The van der Waals surface area contributed by atoms with Crippen molar-refractivity contribution in [2.45, 2.75) is 95.6 Å². The van der Waals surface area contributed by atoms with Gasteiger partial charge >= 0.3 is 41.5 Å². The minimum absolute atomic E-state index is 0. The fourth-order valence-electron chi connectivity index (χ4n) is 3.49. The number of aliphatic hydroxyl groups excluding tert-OH is 1. The van der Waals surface area contributed by atoms with Crippen LogP contribution in [0.3, 0.4) is 0 Å². The molecule has 12 heteroatoms. The van der Waals surface area contributed by atoms with Gasteiger partial charge in [0.05, 0.1) is 24.7 Å². The molecule has 5 N–H and O–H groups in total. The van der Waals surface area contributed by atoms with Crippen LogP contribution in [0.4, 0.5) is 0 Å². The predicted molar refractivity (Wildman–Crippen MR) is 102 cm³/mol. The number of hydrogen-bond acceptors (Lipinski definition) is 9. The first kappa shape index (κ1) is 32.4. The van der Waals surface area contributed by atoms with E-state index < -0.39 is 42.0 Å². The average molecular weight is 459 g/mol. The molecule has 0 radical (unpaired) electrons. The van der Waals surface area contributed by atoms with Crippen molar-refractivity contribution in [3.8, 4) is 0 Å². The van der Waals surface area contributed by atoms with Gasteiger partial charge in [-0.05, 0) is 54.4 Å². The zero-order valence-corrected chi connectivity index (χ0v) is 21.3. The van der Waals surface area contributed by atoms with E-state index in [9.17, 15) is 29.7 Å². The minimum atomic E-state index is -2.80. The molecule has 0 amide bonds. The third-order valence-corrected chi connectivity index (χ3v) is 4.40. The molecule has 1 fully saturated rings. The van der Waals surface area contributed by atoms with Crippen LogP contribution in [0, 0.1) is 0 Å². The van der Waals surface area contributed by atoms with Crippen molar-refractivity contribution in [2.24, 2.45) is 0 Å². The summed E-state index contributed by atoms with van der Waals surface area (Å²) in [5.41, 5.74) is -4.11. The number of carbonyl (C=O) groups excluding carboxylic acids is 1. The fraction of sp³-hybridized carbons (Fsp3) is 0.842. The second kappa shape index (κ2) is 11.9. The topological polar surface area (TPSA) is 188 Å². The van der Waals surface area contributed by atoms with Gasteiger partial charge in [0, 0.05) is 23.5 Å². The summed E-state index contributed by atoms with van der Waals surface area (Å²) in [5.74, 6) is -5.34. The van der Waals surface area contributed by atoms with E-state index in [0.29, 0.717) is 12.8 Å². The molecule has 0 aliphatic carbocycles. The molecule has 0 aromatic heterocycles. The number of carboxylic acid groups (broad SMARTS) is 3. The Bertz CT molecular complexity index is 596. The molecular formula is C19H34NNaO10. The molecule has 1 heterocycles. The van der Waals surface area contributed by atoms with Gasteiger partial charge < -0.3 is 35.4 Å². The Morgan fingerprint density at radius 2 is 1.45 bits per heavy atom. The molecule has 1 aliphatic heterocycles. The van der Waals surface area contributed by atoms with E-state index in [1.807, 2.05) is 5.06 Å². The SMILES string of the molecule is CC(C)(O)CON1C(C)(C)CC(O)CC1(C)C.O=C([O-])CC(O)(CC(=O)O)C(=O)O.[Na+]. The van der Waals surface area contributed by atoms with E-state index in [0.717, 1.165) is 0 Å². The zero-order valence-electron chi connectivity index (χ0n) is 19.3. The number of piperidine rings is 1. The van der Waals surface area contributed by atoms with E-state index in [1.54, 1.807) is 13.8 Å². The molecule has 1 unspecified atom stereocenters. The number of carbonyl (C=O) groups is 3. The molecule has 1 saturated heterocycles. The van der Waals surface area contributed by atoms with Gasteiger partial charge in [-0.15, -0.1) is 0 Å². The first-order valence-electron chi connectivity index (χ1n) is 9.43. The van der Waals surface area contributed by atoms with Crippen LogP contribution in [0.2, 0.25) is 0 Å². The van der Waals surface area contributed by atoms with Gasteiger partial charge in [0.25, 0.3) is 0 Å². The molecule has 0 spiro atoms. The maximum atomic E-state index is 10.3. The Kier molecular flexibility index (Phi) is 12.4. The number of hydroxylamine groups is 2. The number of aliphatic hydroxyl groups is 3. The molecule has 1 rings (SSSR count). The molecule has 1 aliphatic rings. The smallest absolute Gasteiger partial charge is 0.550 e. The Labute approximate surface area is 204 Å². The molecule has 0 aromatic carbocycles. The quantitative estimate of drug-likeness (QED) is 0.223. The summed E-state index contributed by atoms with van der Waals surface area (Å²) in [6.45, 7) is 11.9. The fourth-order valence-corrected chi connectivity index (χ4v) is 3.49. The summed E-state index contributed by atoms with van der Waals surface area (Å²) >= 11 is 0. The van der Waals surface area contributed by atoms with E-state index in [4.69, 9.17) is 20.2 Å². The van der Waals surface area contributed by atoms with E-state index in [1.165, 1.54) is 0 Å². The average Bonchev–Trinajstić information content (AvgIpc) is 2.41. The minimum Gasteiger partial charge on any atom is -0.550 e. The third kappa shape index (κ3) is 11.6. The van der Waals surface area contributed by atoms with Gasteiger partial charge in [-0.1, -0.05) is 0 Å². The molecule has 0 aromatic rings. The van der Waals surface area contributed by atoms with Crippen LogP contribution >= 0.6 is 0 Å². The number of hydrogen-bond donors (Lipinski definition) is 5. The van der Waals surface area contributed by atoms with Crippen molar-refractivity contribution < 1.29 is 79.4 Å². The van der Waals surface area contributed by atoms with Crippen LogP contribution in [0.15, 0.2) is 0 Å². The van der Waals surface area contributed by atoms with Crippen LogP contribution in [0.1, 0.15) is 67.2 Å². The summed E-state index contributed by atoms with van der Waals surface area (Å²) in [5, 5.41) is 57.1. The monoisotopic (exact) mass is 459 g/mol. The third-order valence-electron chi connectivity index (χ3n) is 4.40. The Morgan fingerprint density at radius 1 is 1.03 bits per heavy atom. The summed E-state index contributed by atoms with van der Waals surface area (Å²) in [6, 6.07) is 0. The molecule has 176 valence electrons. The van der Waals surface area contributed by atoms with Crippen LogP contribution in [-0.4, -0.2) is 83.5 Å². The molecule has 31 heavy (non-hydrogen) atoms. The van der Waals surface area contributed by atoms with Gasteiger partial charge in [0.1, 0.15) is 0 Å². The molecular weight excluding hydrogens is 425 g/mol. The Hall–Kier alpha value is -0.790. The van der Waals surface area contributed by atoms with E-state index in [-0.39, 0.29) is 53.3 Å². The first-order chi connectivity index (χ1) is 13.2. The summed E-state index contributed by atoms with van der Waals surface area (Å²) in [7, 11) is 0. The number of nitrogens with zero attached hydrogens (tertiary/aromatic N) is 1. The van der Waals surface area contributed by atoms with Gasteiger partial charge in [0.2, 0.25) is 0 Å². The van der Waals surface area contributed by atoms with Crippen LogP contribution in [0.5, 0.6) is 0 Å². The van der Waals surface area contributed by atoms with Crippen molar-refractivity contribution >= 4 is 17.9 Å². The second-order valence-corrected chi connectivity index (χ2v) is 9.52. The number of rotatable bonds is 8. The Balaban J connectivity index is 0. The van der Waals surface area contributed by atoms with Crippen LogP contribution in [0.25, 0.3) is 0 Å². The maximum absolute atomic E-state index is 10.3. The van der Waals surface area contributed by atoms with Crippen LogP contribution < -0.4 is 34.7 Å². The van der Waals surface area contributed by atoms with Gasteiger partial charge in [-0.25, -0.2) is 4.79 Å². The summed E-state index contributed by atoms with van der Waals surface area (Å²) in [6.07, 6.45) is -1.36. The number of carboxylic acids is 3. The van der Waals surface area contributed by atoms with Crippen molar-refractivity contribution in [3.05, 3.63) is 0 Å². The van der Waals surface area contributed by atoms with Gasteiger partial charge in [-0.3, -0.25) is 9.63 Å². The standard InChI is InChI=1S/C13H27NO3.C6H8O7.Na/c1-11(2)7-10(15)8-12(3,4)14(11)17-9-13(5,6)16;7-3(8)1-6(13,5(11)12)2-4(9)10;/h10,15-16H,7-9H2,1-6H3;13H,1-2H2,(H,7,8)(H,9,10)(H,11,12);/q;;+1/p-1. The first-order valence-corrected chi connectivity index (χ1v) is 9.43. The molecule has 0 bridgehead atoms. The number of aliphatic carboxylic acids is 3. The molecule has 0 saturated carbocycles. The van der Waals surface area contributed by atoms with Crippen molar-refractivity contribution in [2.75, 3.05) is 6.61 Å². The van der Waals surface area contributed by atoms with Gasteiger partial charge in [-0.2, -0.15) is 5.06 Å². The second-order valence-electron chi connectivity index (χ2n) is 9.52. The summed E-state index contributed by atoms with van der Waals surface area (Å²) < 4.78 is 0. The zero-order chi connectivity index (χ0) is 24.1. The van der Waals surface area contributed by atoms with Crippen molar-refractivity contribution in [1.82, 2.24) is 5.06 Å². The van der Waals surface area contributed by atoms with E-state index in [2.05, 4.69) is 27.7 Å². The van der Waals surface area contributed by atoms with Crippen LogP contribution in [-0.2, 0) is 19.2 Å². The van der Waals surface area contributed by atoms with E-state index >= 15 is 0 Å². The largest absolute Gasteiger partial charge is 1.00 e.